The smallest absolute Gasteiger partial charge is 0.224 e. The zero-order valence-electron chi connectivity index (χ0n) is 14.0. The summed E-state index contributed by atoms with van der Waals surface area (Å²) in [5.41, 5.74) is 3.83. The van der Waals surface area contributed by atoms with Crippen LogP contribution in [-0.2, 0) is 21.1 Å². The fourth-order valence-corrected chi connectivity index (χ4v) is 5.21. The Morgan fingerprint density at radius 1 is 1.29 bits per heavy atom. The Morgan fingerprint density at radius 3 is 2.75 bits per heavy atom. The standard InChI is InChI=1S/C18H22N2O3S/c1-12-15-5-3-4-6-17(15)20-13(2)16(12)9-18(21)19-10-14-7-8-24(22,23)11-14/h3-6,14H,7-11H2,1-2H3,(H,19,21). The van der Waals surface area contributed by atoms with Gasteiger partial charge in [0.2, 0.25) is 5.91 Å². The lowest BCUT2D eigenvalue weighted by Crippen LogP contribution is -2.31. The number of carbonyl (C=O) groups is 1. The van der Waals surface area contributed by atoms with E-state index >= 15 is 0 Å². The van der Waals surface area contributed by atoms with Crippen LogP contribution in [0.15, 0.2) is 24.3 Å². The summed E-state index contributed by atoms with van der Waals surface area (Å²) in [6, 6.07) is 7.91. The van der Waals surface area contributed by atoms with Gasteiger partial charge in [0, 0.05) is 17.6 Å². The van der Waals surface area contributed by atoms with Crippen LogP contribution in [0.25, 0.3) is 10.9 Å². The summed E-state index contributed by atoms with van der Waals surface area (Å²) in [5, 5.41) is 3.94. The number of para-hydroxylation sites is 1. The van der Waals surface area contributed by atoms with Crippen LogP contribution in [0, 0.1) is 19.8 Å². The number of nitrogens with one attached hydrogen (secondary N) is 1. The largest absolute Gasteiger partial charge is 0.356 e. The molecule has 1 saturated heterocycles. The van der Waals surface area contributed by atoms with Gasteiger partial charge in [0.05, 0.1) is 23.4 Å². The average Bonchev–Trinajstić information content (AvgIpc) is 2.88. The monoisotopic (exact) mass is 346 g/mol. The molecule has 1 N–H and O–H groups in total. The van der Waals surface area contributed by atoms with Crippen molar-refractivity contribution >= 4 is 26.6 Å². The first-order chi connectivity index (χ1) is 11.4. The third-order valence-corrected chi connectivity index (χ3v) is 6.57. The maximum Gasteiger partial charge on any atom is 0.224 e. The number of nitrogens with zero attached hydrogens (tertiary/aromatic N) is 1. The van der Waals surface area contributed by atoms with Gasteiger partial charge in [0.15, 0.2) is 9.84 Å². The average molecular weight is 346 g/mol. The van der Waals surface area contributed by atoms with Crippen molar-refractivity contribution in [3.63, 3.8) is 0 Å². The second kappa shape index (κ2) is 6.51. The minimum atomic E-state index is -2.90. The summed E-state index contributed by atoms with van der Waals surface area (Å²) in [6.07, 6.45) is 0.910. The van der Waals surface area contributed by atoms with Crippen LogP contribution >= 0.6 is 0 Å². The Kier molecular flexibility index (Phi) is 4.58. The molecular weight excluding hydrogens is 324 g/mol. The Bertz CT molecular complexity index is 891. The van der Waals surface area contributed by atoms with E-state index in [1.54, 1.807) is 0 Å². The van der Waals surface area contributed by atoms with Gasteiger partial charge in [0.1, 0.15) is 0 Å². The van der Waals surface area contributed by atoms with E-state index in [1.807, 2.05) is 38.1 Å². The molecule has 1 amide bonds. The molecule has 2 aromatic rings. The van der Waals surface area contributed by atoms with E-state index in [0.717, 1.165) is 27.7 Å². The number of hydrogen-bond acceptors (Lipinski definition) is 4. The summed E-state index contributed by atoms with van der Waals surface area (Å²) >= 11 is 0. The van der Waals surface area contributed by atoms with E-state index < -0.39 is 9.84 Å². The van der Waals surface area contributed by atoms with Crippen LogP contribution < -0.4 is 5.32 Å². The predicted molar refractivity (Wildman–Crippen MR) is 94.7 cm³/mol. The topological polar surface area (TPSA) is 76.1 Å². The molecule has 0 radical (unpaired) electrons. The van der Waals surface area contributed by atoms with Gasteiger partial charge in [-0.05, 0) is 43.4 Å². The molecule has 1 aliphatic rings. The second-order valence-corrected chi connectivity index (χ2v) is 8.80. The minimum Gasteiger partial charge on any atom is -0.356 e. The van der Waals surface area contributed by atoms with E-state index in [9.17, 15) is 13.2 Å². The molecule has 1 fully saturated rings. The molecule has 1 aliphatic heterocycles. The van der Waals surface area contributed by atoms with Gasteiger partial charge in [-0.15, -0.1) is 0 Å². The summed E-state index contributed by atoms with van der Waals surface area (Å²) < 4.78 is 22.9. The van der Waals surface area contributed by atoms with Crippen LogP contribution in [0.4, 0.5) is 0 Å². The molecule has 3 rings (SSSR count). The predicted octanol–water partition coefficient (Wildman–Crippen LogP) is 1.95. The van der Waals surface area contributed by atoms with Crippen LogP contribution in [0.1, 0.15) is 23.2 Å². The number of aromatic nitrogens is 1. The van der Waals surface area contributed by atoms with Gasteiger partial charge in [0.25, 0.3) is 0 Å². The van der Waals surface area contributed by atoms with Crippen molar-refractivity contribution in [2.45, 2.75) is 26.7 Å². The number of fused-ring (bicyclic) bond motifs is 1. The lowest BCUT2D eigenvalue weighted by Gasteiger charge is -2.14. The molecular formula is C18H22N2O3S. The molecule has 2 heterocycles. The Hall–Kier alpha value is -1.95. The van der Waals surface area contributed by atoms with Crippen LogP contribution in [0.2, 0.25) is 0 Å². The van der Waals surface area contributed by atoms with Gasteiger partial charge < -0.3 is 5.32 Å². The molecule has 1 unspecified atom stereocenters. The molecule has 1 aromatic carbocycles. The van der Waals surface area contributed by atoms with Crippen LogP contribution in [0.3, 0.4) is 0 Å². The first-order valence-electron chi connectivity index (χ1n) is 8.17. The summed E-state index contributed by atoms with van der Waals surface area (Å²) in [5.74, 6) is 0.377. The second-order valence-electron chi connectivity index (χ2n) is 6.57. The quantitative estimate of drug-likeness (QED) is 0.918. The fraction of sp³-hybridized carbons (Fsp3) is 0.444. The number of pyridine rings is 1. The molecule has 24 heavy (non-hydrogen) atoms. The van der Waals surface area contributed by atoms with Crippen molar-refractivity contribution in [3.05, 3.63) is 41.1 Å². The maximum absolute atomic E-state index is 12.3. The van der Waals surface area contributed by atoms with E-state index in [0.29, 0.717) is 13.0 Å². The molecule has 5 nitrogen and oxygen atoms in total. The van der Waals surface area contributed by atoms with Crippen molar-refractivity contribution in [1.29, 1.82) is 0 Å². The number of sulfone groups is 1. The number of benzene rings is 1. The maximum atomic E-state index is 12.3. The zero-order chi connectivity index (χ0) is 17.3. The molecule has 0 aliphatic carbocycles. The Labute approximate surface area is 142 Å². The Morgan fingerprint density at radius 2 is 2.04 bits per heavy atom. The molecule has 0 spiro atoms. The van der Waals surface area contributed by atoms with Gasteiger partial charge >= 0.3 is 0 Å². The summed E-state index contributed by atoms with van der Waals surface area (Å²) in [7, 11) is -2.90. The van der Waals surface area contributed by atoms with Gasteiger partial charge in [-0.2, -0.15) is 0 Å². The summed E-state index contributed by atoms with van der Waals surface area (Å²) in [6.45, 7) is 4.37. The molecule has 6 heteroatoms. The van der Waals surface area contributed by atoms with Gasteiger partial charge in [-0.25, -0.2) is 8.42 Å². The minimum absolute atomic E-state index is 0.0378. The molecule has 0 bridgehead atoms. The number of rotatable bonds is 4. The molecule has 1 aromatic heterocycles. The van der Waals surface area contributed by atoms with E-state index in [-0.39, 0.29) is 29.8 Å². The first kappa shape index (κ1) is 16.9. The first-order valence-corrected chi connectivity index (χ1v) is 10.00. The SMILES string of the molecule is Cc1nc2ccccc2c(C)c1CC(=O)NCC1CCS(=O)(=O)C1. The third kappa shape index (κ3) is 3.59. The lowest BCUT2D eigenvalue weighted by atomic mass is 9.99. The van der Waals surface area contributed by atoms with Crippen molar-refractivity contribution in [2.75, 3.05) is 18.1 Å². The number of hydrogen-bond donors (Lipinski definition) is 1. The highest BCUT2D eigenvalue weighted by atomic mass is 32.2. The highest BCUT2D eigenvalue weighted by Gasteiger charge is 2.28. The number of amides is 1. The molecule has 128 valence electrons. The zero-order valence-corrected chi connectivity index (χ0v) is 14.8. The normalized spacial score (nSPS) is 19.5. The lowest BCUT2D eigenvalue weighted by molar-refractivity contribution is -0.120. The van der Waals surface area contributed by atoms with Crippen LogP contribution in [0.5, 0.6) is 0 Å². The van der Waals surface area contributed by atoms with Gasteiger partial charge in [-0.3, -0.25) is 9.78 Å². The van der Waals surface area contributed by atoms with E-state index in [4.69, 9.17) is 0 Å². The fourth-order valence-electron chi connectivity index (χ4n) is 3.35. The van der Waals surface area contributed by atoms with Crippen molar-refractivity contribution in [1.82, 2.24) is 10.3 Å². The van der Waals surface area contributed by atoms with Crippen LogP contribution in [-0.4, -0.2) is 37.4 Å². The Balaban J connectivity index is 1.69. The molecule has 0 saturated carbocycles. The van der Waals surface area contributed by atoms with E-state index in [2.05, 4.69) is 10.3 Å². The van der Waals surface area contributed by atoms with Crippen molar-refractivity contribution in [2.24, 2.45) is 5.92 Å². The van der Waals surface area contributed by atoms with E-state index in [1.165, 1.54) is 0 Å². The number of carbonyl (C=O) groups excluding carboxylic acids is 1. The highest BCUT2D eigenvalue weighted by Crippen LogP contribution is 2.23. The summed E-state index contributed by atoms with van der Waals surface area (Å²) in [4.78, 5) is 16.9. The molecule has 1 atom stereocenters. The van der Waals surface area contributed by atoms with Crippen molar-refractivity contribution in [3.8, 4) is 0 Å². The highest BCUT2D eigenvalue weighted by molar-refractivity contribution is 7.91. The number of aryl methyl sites for hydroxylation is 2. The van der Waals surface area contributed by atoms with Gasteiger partial charge in [-0.1, -0.05) is 18.2 Å². The third-order valence-electron chi connectivity index (χ3n) is 4.74. The van der Waals surface area contributed by atoms with Crippen molar-refractivity contribution < 1.29 is 13.2 Å².